The molecule has 1 aliphatic heterocycles. The van der Waals surface area contributed by atoms with Crippen LogP contribution in [-0.2, 0) is 6.42 Å². The van der Waals surface area contributed by atoms with Crippen LogP contribution in [0.1, 0.15) is 48.3 Å². The summed E-state index contributed by atoms with van der Waals surface area (Å²) in [5.41, 5.74) is 5.56. The smallest absolute Gasteiger partial charge is 0.164 e. The van der Waals surface area contributed by atoms with E-state index < -0.39 is 0 Å². The summed E-state index contributed by atoms with van der Waals surface area (Å²) in [4.78, 5) is 2.58. The molecule has 0 spiro atoms. The Balaban J connectivity index is 1.39. The van der Waals surface area contributed by atoms with E-state index in [-0.39, 0.29) is 0 Å². The summed E-state index contributed by atoms with van der Waals surface area (Å²) in [6.45, 7) is 3.30. The Morgan fingerprint density at radius 1 is 1.03 bits per heavy atom. The highest BCUT2D eigenvalue weighted by atomic mass is 35.5. The van der Waals surface area contributed by atoms with Crippen LogP contribution in [-0.4, -0.2) is 38.8 Å². The fourth-order valence-corrected chi connectivity index (χ4v) is 4.93. The van der Waals surface area contributed by atoms with Crippen molar-refractivity contribution in [3.05, 3.63) is 64.2 Å². The van der Waals surface area contributed by atoms with E-state index in [0.29, 0.717) is 5.92 Å². The number of hydrogen-bond donors (Lipinski definition) is 0. The number of benzene rings is 2. The Hall–Kier alpha value is -1.97. The zero-order valence-electron chi connectivity index (χ0n) is 17.4. The molecule has 0 radical (unpaired) electrons. The molecule has 0 aromatic heterocycles. The predicted molar refractivity (Wildman–Crippen MR) is 120 cm³/mol. The number of hydrogen-bond acceptors (Lipinski definition) is 3. The summed E-state index contributed by atoms with van der Waals surface area (Å²) in [7, 11) is 3.47. The summed E-state index contributed by atoms with van der Waals surface area (Å²) < 4.78 is 11.2. The molecular weight excluding hydrogens is 382 g/mol. The highest BCUT2D eigenvalue weighted by Gasteiger charge is 2.25. The molecule has 0 saturated carbocycles. The van der Waals surface area contributed by atoms with Crippen LogP contribution in [0.2, 0.25) is 5.02 Å². The molecule has 0 fully saturated rings. The SMILES string of the molecule is COc1ccc2c(c1OC)CCCC2CCN1CC=C(c2ccc(Cl)cc2)CC1. The van der Waals surface area contributed by atoms with Crippen molar-refractivity contribution in [2.75, 3.05) is 33.9 Å². The van der Waals surface area contributed by atoms with E-state index in [1.165, 1.54) is 41.5 Å². The summed E-state index contributed by atoms with van der Waals surface area (Å²) in [6, 6.07) is 12.5. The van der Waals surface area contributed by atoms with E-state index in [9.17, 15) is 0 Å². The number of nitrogens with zero attached hydrogens (tertiary/aromatic N) is 1. The van der Waals surface area contributed by atoms with Gasteiger partial charge in [0.25, 0.3) is 0 Å². The zero-order valence-corrected chi connectivity index (χ0v) is 18.2. The van der Waals surface area contributed by atoms with Crippen molar-refractivity contribution in [2.45, 2.75) is 38.0 Å². The van der Waals surface area contributed by atoms with Crippen LogP contribution < -0.4 is 9.47 Å². The van der Waals surface area contributed by atoms with Crippen LogP contribution in [0.5, 0.6) is 11.5 Å². The van der Waals surface area contributed by atoms with Gasteiger partial charge in [-0.2, -0.15) is 0 Å². The summed E-state index contributed by atoms with van der Waals surface area (Å²) in [5.74, 6) is 2.39. The highest BCUT2D eigenvalue weighted by Crippen LogP contribution is 2.43. The Bertz CT molecular complexity index is 875. The Kier molecular flexibility index (Phi) is 6.46. The molecule has 1 atom stereocenters. The second kappa shape index (κ2) is 9.23. The first-order valence-corrected chi connectivity index (χ1v) is 11.0. The topological polar surface area (TPSA) is 21.7 Å². The van der Waals surface area contributed by atoms with Gasteiger partial charge in [-0.1, -0.05) is 35.9 Å². The van der Waals surface area contributed by atoms with Gasteiger partial charge in [0.2, 0.25) is 0 Å². The maximum absolute atomic E-state index is 6.02. The van der Waals surface area contributed by atoms with Crippen molar-refractivity contribution < 1.29 is 9.47 Å². The summed E-state index contributed by atoms with van der Waals surface area (Å²) in [5, 5.41) is 0.800. The lowest BCUT2D eigenvalue weighted by Crippen LogP contribution is -2.30. The molecule has 0 N–H and O–H groups in total. The van der Waals surface area contributed by atoms with E-state index in [0.717, 1.165) is 49.0 Å². The molecular formula is C25H30ClNO2. The number of rotatable bonds is 6. The quantitative estimate of drug-likeness (QED) is 0.585. The standard InChI is InChI=1S/C25H30ClNO2/c1-28-24-11-10-22-20(4-3-5-23(22)25(24)29-2)14-17-27-15-12-19(13-16-27)18-6-8-21(26)9-7-18/h6-12,20H,3-5,13-17H2,1-2H3. The van der Waals surface area contributed by atoms with E-state index >= 15 is 0 Å². The molecule has 1 aliphatic carbocycles. The third-order valence-electron chi connectivity index (χ3n) is 6.41. The minimum atomic E-state index is 0.611. The van der Waals surface area contributed by atoms with Gasteiger partial charge in [-0.15, -0.1) is 0 Å². The molecule has 29 heavy (non-hydrogen) atoms. The lowest BCUT2D eigenvalue weighted by molar-refractivity contribution is 0.282. The fraction of sp³-hybridized carbons (Fsp3) is 0.440. The van der Waals surface area contributed by atoms with Gasteiger partial charge in [-0.05, 0) is 79.5 Å². The number of halogens is 1. The second-order valence-corrected chi connectivity index (χ2v) is 8.47. The van der Waals surface area contributed by atoms with Gasteiger partial charge in [-0.25, -0.2) is 0 Å². The first-order chi connectivity index (χ1) is 14.2. The minimum absolute atomic E-state index is 0.611. The van der Waals surface area contributed by atoms with Crippen LogP contribution in [0.25, 0.3) is 5.57 Å². The number of ether oxygens (including phenoxy) is 2. The van der Waals surface area contributed by atoms with Gasteiger partial charge in [-0.3, -0.25) is 4.90 Å². The third kappa shape index (κ3) is 4.46. The first-order valence-electron chi connectivity index (χ1n) is 10.6. The first kappa shape index (κ1) is 20.3. The van der Waals surface area contributed by atoms with Crippen LogP contribution in [0, 0.1) is 0 Å². The fourth-order valence-electron chi connectivity index (χ4n) is 4.81. The van der Waals surface area contributed by atoms with Crippen LogP contribution >= 0.6 is 11.6 Å². The summed E-state index contributed by atoms with van der Waals surface area (Å²) >= 11 is 6.02. The number of methoxy groups -OCH3 is 2. The molecule has 2 aromatic rings. The van der Waals surface area contributed by atoms with Crippen molar-refractivity contribution in [1.82, 2.24) is 4.90 Å². The van der Waals surface area contributed by atoms with Gasteiger partial charge in [0.15, 0.2) is 11.5 Å². The minimum Gasteiger partial charge on any atom is -0.493 e. The van der Waals surface area contributed by atoms with E-state index in [4.69, 9.17) is 21.1 Å². The molecule has 1 heterocycles. The molecule has 0 bridgehead atoms. The van der Waals surface area contributed by atoms with Crippen molar-refractivity contribution in [3.8, 4) is 11.5 Å². The molecule has 3 nitrogen and oxygen atoms in total. The van der Waals surface area contributed by atoms with Gasteiger partial charge in [0.05, 0.1) is 14.2 Å². The normalized spacial score (nSPS) is 19.4. The van der Waals surface area contributed by atoms with E-state index in [1.54, 1.807) is 14.2 Å². The Morgan fingerprint density at radius 2 is 1.86 bits per heavy atom. The van der Waals surface area contributed by atoms with E-state index in [2.05, 4.69) is 35.2 Å². The molecule has 1 unspecified atom stereocenters. The average molecular weight is 412 g/mol. The molecule has 4 heteroatoms. The van der Waals surface area contributed by atoms with Crippen LogP contribution in [0.15, 0.2) is 42.5 Å². The van der Waals surface area contributed by atoms with Gasteiger partial charge >= 0.3 is 0 Å². The lowest BCUT2D eigenvalue weighted by atomic mass is 9.80. The molecule has 4 rings (SSSR count). The molecule has 154 valence electrons. The zero-order chi connectivity index (χ0) is 20.2. The molecule has 2 aromatic carbocycles. The van der Waals surface area contributed by atoms with Crippen LogP contribution in [0.3, 0.4) is 0 Å². The predicted octanol–water partition coefficient (Wildman–Crippen LogP) is 5.96. The largest absolute Gasteiger partial charge is 0.493 e. The second-order valence-electron chi connectivity index (χ2n) is 8.03. The Labute approximate surface area is 179 Å². The van der Waals surface area contributed by atoms with Gasteiger partial charge < -0.3 is 9.47 Å². The van der Waals surface area contributed by atoms with Crippen molar-refractivity contribution in [2.24, 2.45) is 0 Å². The average Bonchev–Trinajstić information content (AvgIpc) is 2.77. The monoisotopic (exact) mass is 411 g/mol. The van der Waals surface area contributed by atoms with Crippen molar-refractivity contribution in [1.29, 1.82) is 0 Å². The van der Waals surface area contributed by atoms with Gasteiger partial charge in [0.1, 0.15) is 0 Å². The van der Waals surface area contributed by atoms with Crippen molar-refractivity contribution >= 4 is 17.2 Å². The maximum Gasteiger partial charge on any atom is 0.164 e. The van der Waals surface area contributed by atoms with Crippen LogP contribution in [0.4, 0.5) is 0 Å². The lowest BCUT2D eigenvalue weighted by Gasteiger charge is -2.31. The molecule has 0 amide bonds. The Morgan fingerprint density at radius 3 is 2.55 bits per heavy atom. The van der Waals surface area contributed by atoms with E-state index in [1.807, 2.05) is 12.1 Å². The van der Waals surface area contributed by atoms with Crippen molar-refractivity contribution in [3.63, 3.8) is 0 Å². The molecule has 2 aliphatic rings. The summed E-state index contributed by atoms with van der Waals surface area (Å²) in [6.07, 6.45) is 8.27. The van der Waals surface area contributed by atoms with Gasteiger partial charge in [0, 0.05) is 23.7 Å². The third-order valence-corrected chi connectivity index (χ3v) is 6.66. The molecule has 0 saturated heterocycles. The number of fused-ring (bicyclic) bond motifs is 1. The highest BCUT2D eigenvalue weighted by molar-refractivity contribution is 6.30. The maximum atomic E-state index is 6.02.